The Hall–Kier alpha value is -1.31. The van der Waals surface area contributed by atoms with E-state index in [1.807, 2.05) is 32.0 Å². The fraction of sp³-hybridized carbons (Fsp3) is 0.333. The van der Waals surface area contributed by atoms with Crippen LogP contribution in [0.5, 0.6) is 0 Å². The van der Waals surface area contributed by atoms with Gasteiger partial charge in [-0.3, -0.25) is 4.79 Å². The van der Waals surface area contributed by atoms with E-state index in [1.54, 1.807) is 11.0 Å². The van der Waals surface area contributed by atoms with Gasteiger partial charge in [-0.05, 0) is 48.6 Å². The standard InChI is InChI=1S/C12H16IN3O2/c1-8(2)16(7-11(14)15-18)12(17)9-5-3-4-6-10(9)13/h3-6,8,18H,7H2,1-2H3,(H2,14,15). The zero-order valence-electron chi connectivity index (χ0n) is 10.3. The molecule has 1 amide bonds. The average Bonchev–Trinajstić information content (AvgIpc) is 2.35. The third kappa shape index (κ3) is 3.59. The van der Waals surface area contributed by atoms with Gasteiger partial charge in [0.05, 0.1) is 12.1 Å². The summed E-state index contributed by atoms with van der Waals surface area (Å²) in [6, 6.07) is 7.30. The molecule has 1 rings (SSSR count). The first-order chi connectivity index (χ1) is 8.47. The molecule has 6 heteroatoms. The van der Waals surface area contributed by atoms with Gasteiger partial charge in [-0.2, -0.15) is 0 Å². The number of oxime groups is 1. The summed E-state index contributed by atoms with van der Waals surface area (Å²) in [5, 5.41) is 11.5. The van der Waals surface area contributed by atoms with Gasteiger partial charge in [0.1, 0.15) is 0 Å². The number of amides is 1. The van der Waals surface area contributed by atoms with Gasteiger partial charge in [0.25, 0.3) is 5.91 Å². The molecule has 5 nitrogen and oxygen atoms in total. The first kappa shape index (κ1) is 14.7. The molecule has 18 heavy (non-hydrogen) atoms. The molecule has 0 atom stereocenters. The number of amidine groups is 1. The number of carbonyl (C=O) groups is 1. The van der Waals surface area contributed by atoms with Crippen molar-refractivity contribution in [2.24, 2.45) is 10.9 Å². The third-order valence-corrected chi connectivity index (χ3v) is 3.39. The minimum Gasteiger partial charge on any atom is -0.409 e. The summed E-state index contributed by atoms with van der Waals surface area (Å²) < 4.78 is 0.880. The Morgan fingerprint density at radius 1 is 1.50 bits per heavy atom. The molecule has 0 saturated carbocycles. The van der Waals surface area contributed by atoms with Crippen LogP contribution in [0.25, 0.3) is 0 Å². The summed E-state index contributed by atoms with van der Waals surface area (Å²) in [6.45, 7) is 3.88. The van der Waals surface area contributed by atoms with E-state index in [-0.39, 0.29) is 24.3 Å². The van der Waals surface area contributed by atoms with E-state index in [2.05, 4.69) is 27.7 Å². The number of hydrogen-bond donors (Lipinski definition) is 2. The van der Waals surface area contributed by atoms with Crippen molar-refractivity contribution in [1.29, 1.82) is 0 Å². The summed E-state index contributed by atoms with van der Waals surface area (Å²) in [5.41, 5.74) is 6.09. The lowest BCUT2D eigenvalue weighted by Crippen LogP contribution is -2.43. The molecular formula is C12H16IN3O2. The second kappa shape index (κ2) is 6.58. The molecule has 0 saturated heterocycles. The normalized spacial score (nSPS) is 11.7. The van der Waals surface area contributed by atoms with Crippen LogP contribution in [0.15, 0.2) is 29.4 Å². The van der Waals surface area contributed by atoms with Gasteiger partial charge in [0, 0.05) is 9.61 Å². The van der Waals surface area contributed by atoms with Gasteiger partial charge in [0.2, 0.25) is 0 Å². The van der Waals surface area contributed by atoms with Crippen molar-refractivity contribution in [3.05, 3.63) is 33.4 Å². The quantitative estimate of drug-likeness (QED) is 0.283. The molecule has 0 radical (unpaired) electrons. The summed E-state index contributed by atoms with van der Waals surface area (Å²) in [7, 11) is 0. The van der Waals surface area contributed by atoms with Gasteiger partial charge < -0.3 is 15.8 Å². The van der Waals surface area contributed by atoms with Crippen molar-refractivity contribution in [1.82, 2.24) is 4.90 Å². The fourth-order valence-corrected chi connectivity index (χ4v) is 2.10. The molecule has 0 heterocycles. The Kier molecular flexibility index (Phi) is 5.39. The van der Waals surface area contributed by atoms with E-state index in [4.69, 9.17) is 10.9 Å². The summed E-state index contributed by atoms with van der Waals surface area (Å²) in [4.78, 5) is 13.9. The van der Waals surface area contributed by atoms with Crippen molar-refractivity contribution >= 4 is 34.3 Å². The molecule has 0 fully saturated rings. The Morgan fingerprint density at radius 2 is 2.11 bits per heavy atom. The van der Waals surface area contributed by atoms with Crippen LogP contribution < -0.4 is 5.73 Å². The fourth-order valence-electron chi connectivity index (χ4n) is 1.48. The molecule has 0 aliphatic carbocycles. The molecule has 1 aromatic rings. The number of benzene rings is 1. The number of carbonyl (C=O) groups excluding carboxylic acids is 1. The predicted molar refractivity (Wildman–Crippen MR) is 78.7 cm³/mol. The topological polar surface area (TPSA) is 78.9 Å². The number of halogens is 1. The van der Waals surface area contributed by atoms with E-state index >= 15 is 0 Å². The second-order valence-corrected chi connectivity index (χ2v) is 5.26. The number of hydrogen-bond acceptors (Lipinski definition) is 3. The van der Waals surface area contributed by atoms with Crippen LogP contribution in [0.3, 0.4) is 0 Å². The molecular weight excluding hydrogens is 345 g/mol. The second-order valence-electron chi connectivity index (χ2n) is 4.10. The predicted octanol–water partition coefficient (Wildman–Crippen LogP) is 1.89. The molecule has 0 aliphatic heterocycles. The highest BCUT2D eigenvalue weighted by atomic mass is 127. The molecule has 0 aliphatic rings. The maximum absolute atomic E-state index is 12.4. The molecule has 0 aromatic heterocycles. The molecule has 98 valence electrons. The summed E-state index contributed by atoms with van der Waals surface area (Å²) in [5.74, 6) is -0.107. The minimum absolute atomic E-state index is 0.0167. The van der Waals surface area contributed by atoms with Crippen molar-refractivity contribution in [3.63, 3.8) is 0 Å². The van der Waals surface area contributed by atoms with Gasteiger partial charge >= 0.3 is 0 Å². The van der Waals surface area contributed by atoms with Crippen LogP contribution in [0.2, 0.25) is 0 Å². The van der Waals surface area contributed by atoms with Crippen LogP contribution in [0.1, 0.15) is 24.2 Å². The third-order valence-electron chi connectivity index (χ3n) is 2.45. The Morgan fingerprint density at radius 3 is 2.61 bits per heavy atom. The highest BCUT2D eigenvalue weighted by molar-refractivity contribution is 14.1. The maximum Gasteiger partial charge on any atom is 0.255 e. The highest BCUT2D eigenvalue weighted by Gasteiger charge is 2.21. The first-order valence-corrected chi connectivity index (χ1v) is 6.57. The monoisotopic (exact) mass is 361 g/mol. The van der Waals surface area contributed by atoms with Crippen molar-refractivity contribution in [2.75, 3.05) is 6.54 Å². The molecule has 3 N–H and O–H groups in total. The zero-order chi connectivity index (χ0) is 13.7. The van der Waals surface area contributed by atoms with Gasteiger partial charge in [-0.25, -0.2) is 0 Å². The maximum atomic E-state index is 12.4. The number of nitrogens with zero attached hydrogens (tertiary/aromatic N) is 2. The summed E-state index contributed by atoms with van der Waals surface area (Å²) in [6.07, 6.45) is 0. The molecule has 0 spiro atoms. The zero-order valence-corrected chi connectivity index (χ0v) is 12.5. The Balaban J connectivity index is 3.01. The minimum atomic E-state index is -0.124. The van der Waals surface area contributed by atoms with E-state index in [1.165, 1.54) is 0 Å². The van der Waals surface area contributed by atoms with Gasteiger partial charge in [0.15, 0.2) is 5.84 Å². The first-order valence-electron chi connectivity index (χ1n) is 5.49. The largest absolute Gasteiger partial charge is 0.409 e. The Bertz CT molecular complexity index is 460. The average molecular weight is 361 g/mol. The van der Waals surface area contributed by atoms with Crippen LogP contribution in [0.4, 0.5) is 0 Å². The smallest absolute Gasteiger partial charge is 0.255 e. The SMILES string of the molecule is CC(C)N(CC(N)=NO)C(=O)c1ccccc1I. The lowest BCUT2D eigenvalue weighted by molar-refractivity contribution is 0.0733. The van der Waals surface area contributed by atoms with E-state index < -0.39 is 0 Å². The summed E-state index contributed by atoms with van der Waals surface area (Å²) >= 11 is 2.12. The van der Waals surface area contributed by atoms with E-state index in [0.717, 1.165) is 3.57 Å². The van der Waals surface area contributed by atoms with Crippen LogP contribution in [-0.4, -0.2) is 34.4 Å². The number of rotatable bonds is 4. The van der Waals surface area contributed by atoms with Crippen LogP contribution in [0, 0.1) is 3.57 Å². The van der Waals surface area contributed by atoms with Gasteiger partial charge in [-0.1, -0.05) is 17.3 Å². The lowest BCUT2D eigenvalue weighted by Gasteiger charge is -2.26. The van der Waals surface area contributed by atoms with Crippen LogP contribution >= 0.6 is 22.6 Å². The van der Waals surface area contributed by atoms with Crippen molar-refractivity contribution < 1.29 is 10.0 Å². The Labute approximate surface area is 120 Å². The van der Waals surface area contributed by atoms with Crippen molar-refractivity contribution in [2.45, 2.75) is 19.9 Å². The van der Waals surface area contributed by atoms with E-state index in [0.29, 0.717) is 5.56 Å². The van der Waals surface area contributed by atoms with Crippen LogP contribution in [-0.2, 0) is 0 Å². The molecule has 0 bridgehead atoms. The highest BCUT2D eigenvalue weighted by Crippen LogP contribution is 2.15. The number of nitrogens with two attached hydrogens (primary N) is 1. The lowest BCUT2D eigenvalue weighted by atomic mass is 10.1. The van der Waals surface area contributed by atoms with Gasteiger partial charge in [-0.15, -0.1) is 0 Å². The molecule has 0 unspecified atom stereocenters. The molecule has 1 aromatic carbocycles. The van der Waals surface area contributed by atoms with Crippen molar-refractivity contribution in [3.8, 4) is 0 Å². The van der Waals surface area contributed by atoms with E-state index in [9.17, 15) is 4.79 Å².